The highest BCUT2D eigenvalue weighted by molar-refractivity contribution is 7.92. The second-order valence-electron chi connectivity index (χ2n) is 7.48. The summed E-state index contributed by atoms with van der Waals surface area (Å²) in [6.07, 6.45) is 6.00. The van der Waals surface area contributed by atoms with Crippen molar-refractivity contribution in [3.05, 3.63) is 54.1 Å². The molecule has 3 N–H and O–H groups in total. The smallest absolute Gasteiger partial charge is 0.261 e. The number of thiocarbonyl (C=S) groups is 1. The van der Waals surface area contributed by atoms with Gasteiger partial charge in [0.25, 0.3) is 10.0 Å². The molecule has 1 saturated carbocycles. The van der Waals surface area contributed by atoms with Gasteiger partial charge in [-0.1, -0.05) is 31.4 Å². The zero-order valence-corrected chi connectivity index (χ0v) is 19.4. The van der Waals surface area contributed by atoms with Crippen LogP contribution in [0.2, 0.25) is 0 Å². The van der Waals surface area contributed by atoms with E-state index >= 15 is 0 Å². The van der Waals surface area contributed by atoms with E-state index in [2.05, 4.69) is 20.6 Å². The number of hydrogen-bond acceptors (Lipinski definition) is 5. The number of nitrogens with zero attached hydrogens (tertiary/aromatic N) is 1. The fourth-order valence-corrected chi connectivity index (χ4v) is 4.68. The molecule has 0 atom stereocenters. The van der Waals surface area contributed by atoms with Crippen molar-refractivity contribution in [3.63, 3.8) is 0 Å². The Morgan fingerprint density at radius 2 is 1.68 bits per heavy atom. The molecule has 9 heteroatoms. The Morgan fingerprint density at radius 3 is 2.29 bits per heavy atom. The van der Waals surface area contributed by atoms with E-state index in [0.717, 1.165) is 18.4 Å². The zero-order chi connectivity index (χ0) is 22.3. The Balaban J connectivity index is 1.59. The van der Waals surface area contributed by atoms with Crippen molar-refractivity contribution in [2.24, 2.45) is 5.10 Å². The molecule has 166 valence electrons. The van der Waals surface area contributed by atoms with Crippen molar-refractivity contribution in [1.29, 1.82) is 0 Å². The van der Waals surface area contributed by atoms with Crippen LogP contribution in [0.3, 0.4) is 0 Å². The van der Waals surface area contributed by atoms with Gasteiger partial charge in [-0.2, -0.15) is 5.10 Å². The minimum atomic E-state index is -3.69. The quantitative estimate of drug-likeness (QED) is 0.328. The number of methoxy groups -OCH3 is 1. The first kappa shape index (κ1) is 23.0. The number of ether oxygens (including phenoxy) is 1. The molecular weight excluding hydrogens is 432 g/mol. The van der Waals surface area contributed by atoms with E-state index in [1.165, 1.54) is 19.3 Å². The molecule has 0 radical (unpaired) electrons. The Kier molecular flexibility index (Phi) is 7.86. The first-order valence-electron chi connectivity index (χ1n) is 10.3. The van der Waals surface area contributed by atoms with Gasteiger partial charge in [0.05, 0.1) is 17.7 Å². The molecule has 2 aromatic carbocycles. The fourth-order valence-electron chi connectivity index (χ4n) is 3.41. The number of sulfonamides is 1. The molecule has 0 spiro atoms. The van der Waals surface area contributed by atoms with Gasteiger partial charge in [0.1, 0.15) is 5.75 Å². The van der Waals surface area contributed by atoms with E-state index in [9.17, 15) is 8.42 Å². The van der Waals surface area contributed by atoms with Crippen molar-refractivity contribution < 1.29 is 13.2 Å². The first-order chi connectivity index (χ1) is 14.9. The van der Waals surface area contributed by atoms with Crippen LogP contribution in [0.15, 0.2) is 58.5 Å². The third-order valence-corrected chi connectivity index (χ3v) is 6.80. The molecule has 7 nitrogen and oxygen atoms in total. The zero-order valence-electron chi connectivity index (χ0n) is 17.7. The summed E-state index contributed by atoms with van der Waals surface area (Å²) in [5.74, 6) is 0.657. The van der Waals surface area contributed by atoms with Crippen LogP contribution >= 0.6 is 12.2 Å². The molecule has 2 aromatic rings. The van der Waals surface area contributed by atoms with Crippen LogP contribution in [0.25, 0.3) is 0 Å². The van der Waals surface area contributed by atoms with Gasteiger partial charge in [-0.25, -0.2) is 8.42 Å². The van der Waals surface area contributed by atoms with Crippen molar-refractivity contribution in [2.45, 2.75) is 50.0 Å². The van der Waals surface area contributed by atoms with Crippen molar-refractivity contribution >= 4 is 38.8 Å². The van der Waals surface area contributed by atoms with Crippen LogP contribution < -0.4 is 20.2 Å². The summed E-state index contributed by atoms with van der Waals surface area (Å²) in [7, 11) is -2.14. The third kappa shape index (κ3) is 6.67. The number of nitrogens with one attached hydrogen (secondary N) is 3. The molecule has 0 bridgehead atoms. The maximum Gasteiger partial charge on any atom is 0.261 e. The molecule has 1 aliphatic carbocycles. The molecule has 0 aromatic heterocycles. The van der Waals surface area contributed by atoms with Crippen LogP contribution in [0, 0.1) is 0 Å². The summed E-state index contributed by atoms with van der Waals surface area (Å²) in [6.45, 7) is 1.84. The van der Waals surface area contributed by atoms with Gasteiger partial charge in [-0.05, 0) is 73.9 Å². The topological polar surface area (TPSA) is 91.8 Å². The van der Waals surface area contributed by atoms with Crippen molar-refractivity contribution in [2.75, 3.05) is 11.8 Å². The Hall–Kier alpha value is -2.65. The first-order valence-corrected chi connectivity index (χ1v) is 12.1. The van der Waals surface area contributed by atoms with E-state index < -0.39 is 10.0 Å². The van der Waals surface area contributed by atoms with Gasteiger partial charge in [-0.3, -0.25) is 10.1 Å². The second-order valence-corrected chi connectivity index (χ2v) is 9.57. The van der Waals surface area contributed by atoms with Crippen LogP contribution in [0.1, 0.15) is 44.6 Å². The summed E-state index contributed by atoms with van der Waals surface area (Å²) in [5.41, 5.74) is 4.86. The number of hydrazone groups is 1. The maximum atomic E-state index is 12.6. The van der Waals surface area contributed by atoms with Crippen LogP contribution in [-0.2, 0) is 10.0 Å². The lowest BCUT2D eigenvalue weighted by Gasteiger charge is -2.23. The highest BCUT2D eigenvalue weighted by Gasteiger charge is 2.15. The van der Waals surface area contributed by atoms with Gasteiger partial charge < -0.3 is 10.1 Å². The van der Waals surface area contributed by atoms with Gasteiger partial charge in [0.15, 0.2) is 5.11 Å². The van der Waals surface area contributed by atoms with Crippen LogP contribution in [-0.4, -0.2) is 32.4 Å². The molecule has 0 saturated heterocycles. The minimum absolute atomic E-state index is 0.169. The Morgan fingerprint density at radius 1 is 1.03 bits per heavy atom. The molecule has 3 rings (SSSR count). The van der Waals surface area contributed by atoms with E-state index in [1.807, 2.05) is 6.92 Å². The summed E-state index contributed by atoms with van der Waals surface area (Å²) in [5, 5.41) is 8.13. The van der Waals surface area contributed by atoms with E-state index in [0.29, 0.717) is 28.3 Å². The third-order valence-electron chi connectivity index (χ3n) is 5.19. The Labute approximate surface area is 189 Å². The van der Waals surface area contributed by atoms with Gasteiger partial charge in [0.2, 0.25) is 0 Å². The van der Waals surface area contributed by atoms with E-state index in [-0.39, 0.29) is 4.90 Å². The van der Waals surface area contributed by atoms with E-state index in [1.54, 1.807) is 55.6 Å². The average Bonchev–Trinajstić information content (AvgIpc) is 2.78. The minimum Gasteiger partial charge on any atom is -0.497 e. The molecule has 0 heterocycles. The average molecular weight is 461 g/mol. The number of anilines is 1. The summed E-state index contributed by atoms with van der Waals surface area (Å²) < 4.78 is 32.9. The molecule has 0 amide bonds. The fraction of sp³-hybridized carbons (Fsp3) is 0.364. The standard InChI is InChI=1S/C22H28N4O3S2/c1-16(24-25-22(30)23-18-6-4-3-5-7-18)17-8-14-21(15-9-17)31(27,28)26-19-10-12-20(29-2)13-11-19/h8-15,18,26H,3-7H2,1-2H3,(H2,23,25,30)/b24-16-. The predicted molar refractivity (Wildman–Crippen MR) is 128 cm³/mol. The van der Waals surface area contributed by atoms with Crippen LogP contribution in [0.4, 0.5) is 5.69 Å². The van der Waals surface area contributed by atoms with E-state index in [4.69, 9.17) is 17.0 Å². The monoisotopic (exact) mass is 460 g/mol. The summed E-state index contributed by atoms with van der Waals surface area (Å²) in [4.78, 5) is 0.169. The number of benzene rings is 2. The largest absolute Gasteiger partial charge is 0.497 e. The molecule has 31 heavy (non-hydrogen) atoms. The predicted octanol–water partition coefficient (Wildman–Crippen LogP) is 4.02. The highest BCUT2D eigenvalue weighted by Crippen LogP contribution is 2.20. The lowest BCUT2D eigenvalue weighted by Crippen LogP contribution is -2.41. The molecule has 0 aliphatic heterocycles. The van der Waals surface area contributed by atoms with Crippen LogP contribution in [0.5, 0.6) is 5.75 Å². The molecule has 1 fully saturated rings. The molecular formula is C22H28N4O3S2. The van der Waals surface area contributed by atoms with Gasteiger partial charge in [-0.15, -0.1) is 0 Å². The SMILES string of the molecule is COc1ccc(NS(=O)(=O)c2ccc(/C(C)=N\NC(=S)NC3CCCCC3)cc2)cc1. The number of hydrogen-bond donors (Lipinski definition) is 3. The molecule has 1 aliphatic rings. The Bertz CT molecular complexity index is 1010. The highest BCUT2D eigenvalue weighted by atomic mass is 32.2. The molecule has 0 unspecified atom stereocenters. The number of rotatable bonds is 7. The van der Waals surface area contributed by atoms with Crippen molar-refractivity contribution in [3.8, 4) is 5.75 Å². The van der Waals surface area contributed by atoms with Crippen molar-refractivity contribution in [1.82, 2.24) is 10.7 Å². The summed E-state index contributed by atoms with van der Waals surface area (Å²) >= 11 is 5.33. The normalized spacial score (nSPS) is 15.2. The second kappa shape index (κ2) is 10.6. The maximum absolute atomic E-state index is 12.6. The van der Waals surface area contributed by atoms with Gasteiger partial charge in [0, 0.05) is 11.7 Å². The lowest BCUT2D eigenvalue weighted by molar-refractivity contribution is 0.412. The summed E-state index contributed by atoms with van der Waals surface area (Å²) in [6, 6.07) is 13.7. The van der Waals surface area contributed by atoms with Gasteiger partial charge >= 0.3 is 0 Å². The lowest BCUT2D eigenvalue weighted by atomic mass is 9.96.